The Labute approximate surface area is 172 Å². The fourth-order valence-corrected chi connectivity index (χ4v) is 5.37. The minimum atomic E-state index is -3.73. The lowest BCUT2D eigenvalue weighted by Crippen LogP contribution is -2.37. The van der Waals surface area contributed by atoms with Crippen molar-refractivity contribution in [2.75, 3.05) is 31.8 Å². The SMILES string of the molecule is CSc1nc2c(n1S(=O)(=O)N(C)C)CCCN2C(=O)c1cc(Br)c(Br)[nH]1. The van der Waals surface area contributed by atoms with E-state index in [1.165, 1.54) is 34.7 Å². The van der Waals surface area contributed by atoms with Gasteiger partial charge in [0.15, 0.2) is 11.0 Å². The molecule has 3 rings (SSSR count). The third-order valence-corrected chi connectivity index (χ3v) is 8.32. The van der Waals surface area contributed by atoms with Crippen LogP contribution in [0.3, 0.4) is 0 Å². The maximum Gasteiger partial charge on any atom is 0.309 e. The predicted octanol–water partition coefficient (Wildman–Crippen LogP) is 2.71. The summed E-state index contributed by atoms with van der Waals surface area (Å²) in [6.45, 7) is 0.479. The van der Waals surface area contributed by atoms with E-state index in [1.807, 2.05) is 0 Å². The van der Waals surface area contributed by atoms with Crippen molar-refractivity contribution in [3.05, 3.63) is 26.5 Å². The number of hydrogen-bond donors (Lipinski definition) is 1. The van der Waals surface area contributed by atoms with Crippen LogP contribution in [0.2, 0.25) is 0 Å². The highest BCUT2D eigenvalue weighted by molar-refractivity contribution is 9.13. The van der Waals surface area contributed by atoms with Crippen LogP contribution in [0, 0.1) is 0 Å². The number of aromatic amines is 1. The number of fused-ring (bicyclic) bond motifs is 1. The average molecular weight is 527 g/mol. The number of nitrogens with zero attached hydrogens (tertiary/aromatic N) is 4. The first-order chi connectivity index (χ1) is 12.2. The van der Waals surface area contributed by atoms with E-state index < -0.39 is 10.2 Å². The molecule has 12 heteroatoms. The third-order valence-electron chi connectivity index (χ3n) is 4.00. The zero-order valence-corrected chi connectivity index (χ0v) is 19.1. The van der Waals surface area contributed by atoms with Gasteiger partial charge in [0.05, 0.1) is 14.8 Å². The number of hydrogen-bond acceptors (Lipinski definition) is 5. The Morgan fingerprint density at radius 1 is 1.38 bits per heavy atom. The quantitative estimate of drug-likeness (QED) is 0.618. The maximum absolute atomic E-state index is 13.0. The number of rotatable bonds is 4. The molecule has 0 saturated carbocycles. The normalized spacial score (nSPS) is 14.8. The summed E-state index contributed by atoms with van der Waals surface area (Å²) in [5.74, 6) is 0.148. The molecule has 0 aliphatic carbocycles. The molecule has 26 heavy (non-hydrogen) atoms. The largest absolute Gasteiger partial charge is 0.344 e. The average Bonchev–Trinajstić information content (AvgIpc) is 3.14. The molecule has 0 fully saturated rings. The molecule has 1 aliphatic rings. The van der Waals surface area contributed by atoms with Crippen LogP contribution >= 0.6 is 43.6 Å². The van der Waals surface area contributed by atoms with Crippen molar-refractivity contribution in [3.8, 4) is 0 Å². The number of carbonyl (C=O) groups excluding carboxylic acids is 1. The molecule has 0 atom stereocenters. The Morgan fingerprint density at radius 2 is 2.08 bits per heavy atom. The first-order valence-electron chi connectivity index (χ1n) is 7.63. The number of amides is 1. The van der Waals surface area contributed by atoms with Gasteiger partial charge in [0.25, 0.3) is 5.91 Å². The minimum absolute atomic E-state index is 0.253. The number of carbonyl (C=O) groups is 1. The van der Waals surface area contributed by atoms with Gasteiger partial charge in [-0.2, -0.15) is 12.7 Å². The zero-order valence-electron chi connectivity index (χ0n) is 14.3. The lowest BCUT2D eigenvalue weighted by molar-refractivity contribution is 0.0980. The Bertz CT molecular complexity index is 948. The van der Waals surface area contributed by atoms with Crippen molar-refractivity contribution >= 4 is 65.6 Å². The molecule has 1 N–H and O–H groups in total. The number of thioether (sulfide) groups is 1. The predicted molar refractivity (Wildman–Crippen MR) is 108 cm³/mol. The molecule has 0 aromatic carbocycles. The molecule has 0 bridgehead atoms. The summed E-state index contributed by atoms with van der Waals surface area (Å²) >= 11 is 7.91. The van der Waals surface area contributed by atoms with Crippen LogP contribution in [-0.4, -0.2) is 59.5 Å². The molecule has 3 heterocycles. The Morgan fingerprint density at radius 3 is 2.62 bits per heavy atom. The first kappa shape index (κ1) is 19.9. The summed E-state index contributed by atoms with van der Waals surface area (Å²) in [4.78, 5) is 21.9. The molecule has 0 saturated heterocycles. The molecule has 1 aliphatic heterocycles. The van der Waals surface area contributed by atoms with E-state index in [0.29, 0.717) is 46.4 Å². The van der Waals surface area contributed by atoms with Crippen LogP contribution < -0.4 is 4.90 Å². The van der Waals surface area contributed by atoms with E-state index in [0.717, 1.165) is 8.78 Å². The molecule has 0 spiro atoms. The van der Waals surface area contributed by atoms with Gasteiger partial charge in [-0.1, -0.05) is 11.8 Å². The van der Waals surface area contributed by atoms with E-state index in [9.17, 15) is 13.2 Å². The van der Waals surface area contributed by atoms with Crippen molar-refractivity contribution in [3.63, 3.8) is 0 Å². The van der Waals surface area contributed by atoms with E-state index in [4.69, 9.17) is 0 Å². The van der Waals surface area contributed by atoms with Crippen LogP contribution in [0.25, 0.3) is 0 Å². The monoisotopic (exact) mass is 525 g/mol. The van der Waals surface area contributed by atoms with Crippen LogP contribution in [0.5, 0.6) is 0 Å². The number of imidazole rings is 1. The standard InChI is InChI=1S/C14H17Br2N5O3S2/c1-19(2)26(23,24)21-10-5-4-6-20(12(10)18-14(21)25-3)13(22)9-7-8(15)11(16)17-9/h7,17H,4-6H2,1-3H3. The highest BCUT2D eigenvalue weighted by Crippen LogP contribution is 2.34. The topological polar surface area (TPSA) is 91.3 Å². The number of halogens is 2. The van der Waals surface area contributed by atoms with Gasteiger partial charge in [-0.15, -0.1) is 0 Å². The van der Waals surface area contributed by atoms with Crippen molar-refractivity contribution < 1.29 is 13.2 Å². The van der Waals surface area contributed by atoms with Crippen molar-refractivity contribution in [2.24, 2.45) is 0 Å². The minimum Gasteiger partial charge on any atom is -0.344 e. The Balaban J connectivity index is 2.11. The van der Waals surface area contributed by atoms with Gasteiger partial charge < -0.3 is 4.98 Å². The molecule has 0 radical (unpaired) electrons. The van der Waals surface area contributed by atoms with Gasteiger partial charge >= 0.3 is 10.2 Å². The summed E-state index contributed by atoms with van der Waals surface area (Å²) in [5.41, 5.74) is 0.930. The zero-order chi connectivity index (χ0) is 19.2. The van der Waals surface area contributed by atoms with Gasteiger partial charge in [0.1, 0.15) is 5.69 Å². The molecule has 0 unspecified atom stereocenters. The van der Waals surface area contributed by atoms with E-state index >= 15 is 0 Å². The van der Waals surface area contributed by atoms with Gasteiger partial charge in [-0.05, 0) is 57.0 Å². The molecule has 142 valence electrons. The Hall–Kier alpha value is -0.820. The number of nitrogens with one attached hydrogen (secondary N) is 1. The summed E-state index contributed by atoms with van der Waals surface area (Å²) < 4.78 is 29.3. The van der Waals surface area contributed by atoms with E-state index in [-0.39, 0.29) is 5.91 Å². The number of H-pyrrole nitrogens is 1. The fraction of sp³-hybridized carbons (Fsp3) is 0.429. The summed E-state index contributed by atoms with van der Waals surface area (Å²) in [6.07, 6.45) is 2.96. The van der Waals surface area contributed by atoms with Gasteiger partial charge in [-0.25, -0.2) is 8.96 Å². The van der Waals surface area contributed by atoms with Crippen LogP contribution in [0.1, 0.15) is 22.6 Å². The highest BCUT2D eigenvalue weighted by atomic mass is 79.9. The lowest BCUT2D eigenvalue weighted by Gasteiger charge is -2.26. The molecule has 1 amide bonds. The Kier molecular flexibility index (Phi) is 5.60. The van der Waals surface area contributed by atoms with Crippen molar-refractivity contribution in [2.45, 2.75) is 18.0 Å². The smallest absolute Gasteiger partial charge is 0.309 e. The van der Waals surface area contributed by atoms with Gasteiger partial charge in [0.2, 0.25) is 0 Å². The van der Waals surface area contributed by atoms with Crippen molar-refractivity contribution in [1.82, 2.24) is 18.2 Å². The van der Waals surface area contributed by atoms with Crippen molar-refractivity contribution in [1.29, 1.82) is 0 Å². The van der Waals surface area contributed by atoms with Crippen LogP contribution in [0.15, 0.2) is 20.3 Å². The maximum atomic E-state index is 13.0. The van der Waals surface area contributed by atoms with E-state index in [1.54, 1.807) is 12.3 Å². The van der Waals surface area contributed by atoms with E-state index in [2.05, 4.69) is 41.8 Å². The second kappa shape index (κ2) is 7.30. The molecule has 2 aromatic rings. The molecular weight excluding hydrogens is 510 g/mol. The summed E-state index contributed by atoms with van der Waals surface area (Å²) in [6, 6.07) is 1.68. The highest BCUT2D eigenvalue weighted by Gasteiger charge is 2.34. The lowest BCUT2D eigenvalue weighted by atomic mass is 10.1. The first-order valence-corrected chi connectivity index (χ1v) is 11.8. The second-order valence-corrected chi connectivity index (χ2v) is 10.2. The van der Waals surface area contributed by atoms with Crippen LogP contribution in [0.4, 0.5) is 5.82 Å². The molecule has 2 aromatic heterocycles. The summed E-state index contributed by atoms with van der Waals surface area (Å²) in [5, 5.41) is 0.345. The van der Waals surface area contributed by atoms with Gasteiger partial charge in [0, 0.05) is 20.6 Å². The summed E-state index contributed by atoms with van der Waals surface area (Å²) in [7, 11) is -0.773. The fourth-order valence-electron chi connectivity index (χ4n) is 2.74. The van der Waals surface area contributed by atoms with Gasteiger partial charge in [-0.3, -0.25) is 9.69 Å². The number of anilines is 1. The molecular formula is C14H17Br2N5O3S2. The molecule has 8 nitrogen and oxygen atoms in total. The number of aromatic nitrogens is 3. The third kappa shape index (κ3) is 3.26. The second-order valence-electron chi connectivity index (χ2n) is 5.83. The van der Waals surface area contributed by atoms with Crippen LogP contribution in [-0.2, 0) is 16.6 Å².